The van der Waals surface area contributed by atoms with Crippen LogP contribution in [0.25, 0.3) is 0 Å². The maximum absolute atomic E-state index is 12.7. The summed E-state index contributed by atoms with van der Waals surface area (Å²) in [6.45, 7) is -0.898. The summed E-state index contributed by atoms with van der Waals surface area (Å²) in [5, 5.41) is 10.6. The van der Waals surface area contributed by atoms with Crippen LogP contribution in [0.15, 0.2) is 18.3 Å². The Bertz CT molecular complexity index is 716. The molecule has 0 N–H and O–H groups in total. The largest absolute Gasteiger partial charge is 0.402 e. The molecule has 1 aliphatic rings. The predicted octanol–water partition coefficient (Wildman–Crippen LogP) is 1.78. The molecule has 25 heavy (non-hydrogen) atoms. The molecule has 12 heteroatoms. The average molecular weight is 382 g/mol. The summed E-state index contributed by atoms with van der Waals surface area (Å²) in [4.78, 5) is 15.8. The molecule has 1 aromatic rings. The van der Waals surface area contributed by atoms with Crippen LogP contribution in [0.3, 0.4) is 0 Å². The van der Waals surface area contributed by atoms with Crippen molar-refractivity contribution >= 4 is 21.5 Å². The zero-order chi connectivity index (χ0) is 18.8. The first kappa shape index (κ1) is 19.4. The smallest absolute Gasteiger partial charge is 0.356 e. The molecule has 0 amide bonds. The predicted molar refractivity (Wildman–Crippen MR) is 83.7 cm³/mol. The van der Waals surface area contributed by atoms with Crippen molar-refractivity contribution in [3.63, 3.8) is 0 Å². The van der Waals surface area contributed by atoms with Crippen LogP contribution in [0, 0.1) is 10.1 Å². The fourth-order valence-electron chi connectivity index (χ4n) is 2.75. The number of nitrogens with zero attached hydrogens (tertiary/aromatic N) is 4. The van der Waals surface area contributed by atoms with Gasteiger partial charge in [0.2, 0.25) is 10.0 Å². The van der Waals surface area contributed by atoms with Crippen LogP contribution in [-0.4, -0.2) is 60.7 Å². The molecule has 8 nitrogen and oxygen atoms in total. The molecule has 2 heterocycles. The van der Waals surface area contributed by atoms with Crippen molar-refractivity contribution in [2.45, 2.75) is 25.1 Å². The lowest BCUT2D eigenvalue weighted by Crippen LogP contribution is -2.50. The first-order chi connectivity index (χ1) is 11.5. The van der Waals surface area contributed by atoms with Crippen molar-refractivity contribution in [3.8, 4) is 0 Å². The molecule has 0 unspecified atom stereocenters. The molecule has 2 rings (SSSR count). The Morgan fingerprint density at radius 3 is 2.36 bits per heavy atom. The summed E-state index contributed by atoms with van der Waals surface area (Å²) in [6, 6.07) is 2.01. The number of hydrogen-bond donors (Lipinski definition) is 0. The van der Waals surface area contributed by atoms with Gasteiger partial charge >= 0.3 is 6.18 Å². The van der Waals surface area contributed by atoms with Crippen molar-refractivity contribution in [1.29, 1.82) is 0 Å². The Balaban J connectivity index is 2.05. The van der Waals surface area contributed by atoms with Gasteiger partial charge in [0.15, 0.2) is 0 Å². The highest BCUT2D eigenvalue weighted by atomic mass is 32.2. The SMILES string of the molecule is CS(=O)(=O)N(CC(F)(F)F)C1CCN(c2ccc([N+](=O)[O-])cn2)CC1. The van der Waals surface area contributed by atoms with Crippen molar-refractivity contribution in [2.75, 3.05) is 30.8 Å². The zero-order valence-corrected chi connectivity index (χ0v) is 14.1. The van der Waals surface area contributed by atoms with E-state index in [0.717, 1.165) is 12.5 Å². The second-order valence-electron chi connectivity index (χ2n) is 5.77. The number of anilines is 1. The van der Waals surface area contributed by atoms with Gasteiger partial charge in [0.05, 0.1) is 11.2 Å². The molecule has 0 aromatic carbocycles. The Morgan fingerprint density at radius 2 is 1.96 bits per heavy atom. The topological polar surface area (TPSA) is 96.7 Å². The Kier molecular flexibility index (Phi) is 5.52. The maximum atomic E-state index is 12.7. The normalized spacial score (nSPS) is 17.1. The van der Waals surface area contributed by atoms with E-state index in [1.165, 1.54) is 12.1 Å². The fourth-order valence-corrected chi connectivity index (χ4v) is 3.88. The summed E-state index contributed by atoms with van der Waals surface area (Å²) in [7, 11) is -3.99. The van der Waals surface area contributed by atoms with Crippen LogP contribution < -0.4 is 4.90 Å². The molecule has 1 saturated heterocycles. The highest BCUT2D eigenvalue weighted by Gasteiger charge is 2.39. The number of halogens is 3. The highest BCUT2D eigenvalue weighted by molar-refractivity contribution is 7.88. The van der Waals surface area contributed by atoms with Crippen molar-refractivity contribution in [3.05, 3.63) is 28.4 Å². The van der Waals surface area contributed by atoms with Crippen LogP contribution in [0.5, 0.6) is 0 Å². The van der Waals surface area contributed by atoms with Crippen LogP contribution in [0.4, 0.5) is 24.7 Å². The Hall–Kier alpha value is -1.95. The van der Waals surface area contributed by atoms with Gasteiger partial charge in [0.25, 0.3) is 5.69 Å². The number of sulfonamides is 1. The molecule has 0 atom stereocenters. The van der Waals surface area contributed by atoms with Gasteiger partial charge in [0.1, 0.15) is 18.6 Å². The van der Waals surface area contributed by atoms with E-state index in [2.05, 4.69) is 4.98 Å². The molecule has 0 bridgehead atoms. The fraction of sp³-hybridized carbons (Fsp3) is 0.615. The van der Waals surface area contributed by atoms with Crippen LogP contribution in [0.1, 0.15) is 12.8 Å². The number of piperidine rings is 1. The van der Waals surface area contributed by atoms with Crippen molar-refractivity contribution in [2.24, 2.45) is 0 Å². The minimum absolute atomic E-state index is 0.160. The van der Waals surface area contributed by atoms with E-state index in [0.29, 0.717) is 23.2 Å². The first-order valence-electron chi connectivity index (χ1n) is 7.36. The van der Waals surface area contributed by atoms with E-state index in [1.54, 1.807) is 4.90 Å². The number of nitro groups is 1. The quantitative estimate of drug-likeness (QED) is 0.569. The van der Waals surface area contributed by atoms with Gasteiger partial charge in [0, 0.05) is 25.2 Å². The third-order valence-electron chi connectivity index (χ3n) is 3.90. The van der Waals surface area contributed by atoms with Gasteiger partial charge < -0.3 is 4.90 Å². The minimum Gasteiger partial charge on any atom is -0.356 e. The van der Waals surface area contributed by atoms with E-state index in [-0.39, 0.29) is 18.5 Å². The van der Waals surface area contributed by atoms with E-state index in [4.69, 9.17) is 0 Å². The number of aromatic nitrogens is 1. The lowest BCUT2D eigenvalue weighted by molar-refractivity contribution is -0.385. The Labute approximate surface area is 142 Å². The van der Waals surface area contributed by atoms with E-state index >= 15 is 0 Å². The van der Waals surface area contributed by atoms with Crippen LogP contribution in [0.2, 0.25) is 0 Å². The third kappa shape index (κ3) is 5.26. The van der Waals surface area contributed by atoms with Gasteiger partial charge in [-0.15, -0.1) is 0 Å². The summed E-state index contributed by atoms with van der Waals surface area (Å²) in [6.07, 6.45) is -2.32. The molecule has 0 spiro atoms. The number of pyridine rings is 1. The lowest BCUT2D eigenvalue weighted by Gasteiger charge is -2.37. The monoisotopic (exact) mass is 382 g/mol. The maximum Gasteiger partial charge on any atom is 0.402 e. The van der Waals surface area contributed by atoms with Crippen molar-refractivity contribution in [1.82, 2.24) is 9.29 Å². The molecule has 0 aliphatic carbocycles. The van der Waals surface area contributed by atoms with Crippen molar-refractivity contribution < 1.29 is 26.5 Å². The summed E-state index contributed by atoms with van der Waals surface area (Å²) in [5.74, 6) is 0.464. The Morgan fingerprint density at radius 1 is 1.36 bits per heavy atom. The van der Waals surface area contributed by atoms with E-state index in [1.807, 2.05) is 0 Å². The molecular weight excluding hydrogens is 365 g/mol. The number of alkyl halides is 3. The average Bonchev–Trinajstić information content (AvgIpc) is 2.51. The summed E-state index contributed by atoms with van der Waals surface area (Å²) >= 11 is 0. The number of hydrogen-bond acceptors (Lipinski definition) is 6. The molecule has 140 valence electrons. The van der Waals surface area contributed by atoms with E-state index in [9.17, 15) is 31.7 Å². The summed E-state index contributed by atoms with van der Waals surface area (Å²) in [5.41, 5.74) is -0.160. The molecular formula is C13H17F3N4O4S. The van der Waals surface area contributed by atoms with Crippen LogP contribution >= 0.6 is 0 Å². The highest BCUT2D eigenvalue weighted by Crippen LogP contribution is 2.27. The second-order valence-corrected chi connectivity index (χ2v) is 7.71. The van der Waals surface area contributed by atoms with Gasteiger partial charge in [-0.25, -0.2) is 13.4 Å². The molecule has 1 fully saturated rings. The zero-order valence-electron chi connectivity index (χ0n) is 13.3. The standard InChI is InChI=1S/C13H17F3N4O4S/c1-25(23,24)19(9-13(14,15)16)10-4-6-18(7-5-10)12-3-2-11(8-17-12)20(21)22/h2-3,8,10H,4-7,9H2,1H3. The second kappa shape index (κ2) is 7.12. The minimum atomic E-state index is -4.61. The van der Waals surface area contributed by atoms with Gasteiger partial charge in [-0.05, 0) is 18.9 Å². The molecule has 1 aliphatic heterocycles. The first-order valence-corrected chi connectivity index (χ1v) is 9.21. The third-order valence-corrected chi connectivity index (χ3v) is 5.18. The lowest BCUT2D eigenvalue weighted by atomic mass is 10.0. The number of rotatable bonds is 5. The van der Waals surface area contributed by atoms with Crippen LogP contribution in [-0.2, 0) is 10.0 Å². The van der Waals surface area contributed by atoms with E-state index < -0.39 is 33.7 Å². The van der Waals surface area contributed by atoms with Gasteiger partial charge in [-0.1, -0.05) is 0 Å². The molecule has 0 saturated carbocycles. The summed E-state index contributed by atoms with van der Waals surface area (Å²) < 4.78 is 61.9. The van der Waals surface area contributed by atoms with Gasteiger partial charge in [-0.2, -0.15) is 17.5 Å². The molecule has 0 radical (unpaired) electrons. The molecule has 1 aromatic heterocycles. The van der Waals surface area contributed by atoms with Gasteiger partial charge in [-0.3, -0.25) is 10.1 Å².